The lowest BCUT2D eigenvalue weighted by atomic mass is 10.1. The van der Waals surface area contributed by atoms with E-state index in [0.29, 0.717) is 26.4 Å². The molecule has 1 aromatic carbocycles. The molecule has 1 rings (SSSR count). The van der Waals surface area contributed by atoms with Gasteiger partial charge in [0.05, 0.1) is 6.61 Å². The van der Waals surface area contributed by atoms with Crippen LogP contribution in [-0.4, -0.2) is 38.8 Å². The average Bonchev–Trinajstić information content (AvgIpc) is 2.61. The molecule has 0 unspecified atom stereocenters. The minimum absolute atomic E-state index is 0.0483. The highest BCUT2D eigenvalue weighted by Crippen LogP contribution is 2.19. The molecule has 0 fully saturated rings. The smallest absolute Gasteiger partial charge is 0.160 e. The van der Waals surface area contributed by atoms with Gasteiger partial charge in [0.1, 0.15) is 12.4 Å². The van der Waals surface area contributed by atoms with Gasteiger partial charge in [0.15, 0.2) is 5.78 Å². The number of carbonyl (C=O) groups excluding carboxylic acids is 1. The summed E-state index contributed by atoms with van der Waals surface area (Å²) in [5.74, 6) is 1.05. The molecule has 5 nitrogen and oxygen atoms in total. The van der Waals surface area contributed by atoms with Crippen LogP contribution in [0.1, 0.15) is 33.1 Å². The van der Waals surface area contributed by atoms with Crippen LogP contribution >= 0.6 is 22.6 Å². The van der Waals surface area contributed by atoms with Crippen molar-refractivity contribution in [1.29, 1.82) is 0 Å². The van der Waals surface area contributed by atoms with Gasteiger partial charge in [0, 0.05) is 48.8 Å². The van der Waals surface area contributed by atoms with Crippen molar-refractivity contribution in [3.8, 4) is 5.75 Å². The van der Waals surface area contributed by atoms with Crippen molar-refractivity contribution < 1.29 is 19.0 Å². The topological polar surface area (TPSA) is 56.8 Å². The van der Waals surface area contributed by atoms with E-state index >= 15 is 0 Å². The minimum Gasteiger partial charge on any atom is -0.494 e. The molecule has 25 heavy (non-hydrogen) atoms. The molecular formula is C18H29NO4S2. The first-order valence-electron chi connectivity index (χ1n) is 8.61. The second-order valence-electron chi connectivity index (χ2n) is 5.91. The highest BCUT2D eigenvalue weighted by atomic mass is 33.1. The Morgan fingerprint density at radius 2 is 1.68 bits per heavy atom. The molecule has 0 radical (unpaired) electrons. The Morgan fingerprint density at radius 3 is 2.32 bits per heavy atom. The normalized spacial score (nSPS) is 10.9. The molecule has 0 aliphatic rings. The van der Waals surface area contributed by atoms with Gasteiger partial charge < -0.3 is 18.9 Å². The van der Waals surface area contributed by atoms with Crippen LogP contribution in [0.15, 0.2) is 24.3 Å². The van der Waals surface area contributed by atoms with Crippen molar-refractivity contribution in [3.05, 3.63) is 24.3 Å². The van der Waals surface area contributed by atoms with Crippen LogP contribution in [0.25, 0.3) is 0 Å². The van der Waals surface area contributed by atoms with Crippen LogP contribution in [-0.2, 0) is 14.3 Å². The molecule has 0 aliphatic heterocycles. The van der Waals surface area contributed by atoms with Crippen molar-refractivity contribution in [2.24, 2.45) is 5.92 Å². The van der Waals surface area contributed by atoms with Crippen molar-refractivity contribution in [3.63, 3.8) is 0 Å². The highest BCUT2D eigenvalue weighted by molar-refractivity contribution is 8.69. The molecule has 1 N–H and O–H groups in total. The first kappa shape index (κ1) is 22.2. The molecule has 0 saturated heterocycles. The lowest BCUT2D eigenvalue weighted by Crippen LogP contribution is -2.15. The average molecular weight is 388 g/mol. The van der Waals surface area contributed by atoms with Crippen LogP contribution in [0.2, 0.25) is 0 Å². The number of hydrogen-bond acceptors (Lipinski definition) is 7. The third-order valence-corrected chi connectivity index (χ3v) is 4.04. The fraction of sp³-hybridized carbons (Fsp3) is 0.611. The quantitative estimate of drug-likeness (QED) is 0.201. The second-order valence-corrected chi connectivity index (χ2v) is 6.85. The van der Waals surface area contributed by atoms with Gasteiger partial charge in [0.25, 0.3) is 0 Å². The highest BCUT2D eigenvalue weighted by Gasteiger charge is 2.06. The van der Waals surface area contributed by atoms with E-state index < -0.39 is 0 Å². The molecule has 0 aromatic heterocycles. The van der Waals surface area contributed by atoms with E-state index in [1.807, 2.05) is 38.1 Å². The van der Waals surface area contributed by atoms with Crippen molar-refractivity contribution in [2.45, 2.75) is 33.1 Å². The van der Waals surface area contributed by atoms with Crippen molar-refractivity contribution in [2.75, 3.05) is 37.8 Å². The van der Waals surface area contributed by atoms with Gasteiger partial charge in [-0.2, -0.15) is 0 Å². The van der Waals surface area contributed by atoms with Gasteiger partial charge in [-0.15, -0.1) is 0 Å². The number of carbonyl (C=O) groups is 1. The summed E-state index contributed by atoms with van der Waals surface area (Å²) in [4.78, 5) is 11.4. The Balaban J connectivity index is 1.89. The predicted molar refractivity (Wildman–Crippen MR) is 107 cm³/mol. The number of ether oxygens (including phenoxy) is 3. The molecule has 1 aromatic rings. The molecule has 0 heterocycles. The van der Waals surface area contributed by atoms with Gasteiger partial charge >= 0.3 is 0 Å². The van der Waals surface area contributed by atoms with Crippen LogP contribution in [0.4, 0.5) is 5.69 Å². The van der Waals surface area contributed by atoms with Gasteiger partial charge in [0.2, 0.25) is 0 Å². The fourth-order valence-electron chi connectivity index (χ4n) is 1.87. The van der Waals surface area contributed by atoms with E-state index in [1.54, 1.807) is 0 Å². The first-order valence-corrected chi connectivity index (χ1v) is 10.5. The van der Waals surface area contributed by atoms with Gasteiger partial charge in [-0.1, -0.05) is 25.5 Å². The fourth-order valence-corrected chi connectivity index (χ4v) is 2.43. The number of Topliss-reactive ketones (excluding diaryl/α,β-unsaturated/α-hetero) is 1. The van der Waals surface area contributed by atoms with E-state index in [4.69, 9.17) is 14.2 Å². The summed E-state index contributed by atoms with van der Waals surface area (Å²) in [7, 11) is 1.26. The van der Waals surface area contributed by atoms with Crippen LogP contribution in [0.3, 0.4) is 0 Å². The van der Waals surface area contributed by atoms with E-state index in [-0.39, 0.29) is 18.3 Å². The maximum Gasteiger partial charge on any atom is 0.160 e. The Kier molecular flexibility index (Phi) is 12.7. The lowest BCUT2D eigenvalue weighted by Gasteiger charge is -2.08. The molecule has 0 saturated carbocycles. The Bertz CT molecular complexity index is 469. The lowest BCUT2D eigenvalue weighted by molar-refractivity contribution is -0.126. The third kappa shape index (κ3) is 11.4. The van der Waals surface area contributed by atoms with Crippen LogP contribution in [0, 0.1) is 5.92 Å². The monoisotopic (exact) mass is 387 g/mol. The SMILES string of the molecule is CC(C)C(=O)COCCCCOCCCOc1ccc(NSS)cc1. The second kappa shape index (κ2) is 14.3. The predicted octanol–water partition coefficient (Wildman–Crippen LogP) is 4.40. The maximum absolute atomic E-state index is 11.4. The number of rotatable bonds is 15. The zero-order valence-electron chi connectivity index (χ0n) is 15.0. The third-order valence-electron chi connectivity index (χ3n) is 3.44. The molecular weight excluding hydrogens is 358 g/mol. The summed E-state index contributed by atoms with van der Waals surface area (Å²) in [5, 5.41) is 0. The minimum atomic E-state index is 0.0483. The van der Waals surface area contributed by atoms with Crippen LogP contribution in [0.5, 0.6) is 5.75 Å². The Hall–Kier alpha value is -0.890. The van der Waals surface area contributed by atoms with E-state index in [2.05, 4.69) is 16.4 Å². The largest absolute Gasteiger partial charge is 0.494 e. The summed E-state index contributed by atoms with van der Waals surface area (Å²) in [6.07, 6.45) is 2.70. The Labute approximate surface area is 160 Å². The zero-order chi connectivity index (χ0) is 18.3. The van der Waals surface area contributed by atoms with Gasteiger partial charge in [-0.05, 0) is 37.1 Å². The molecule has 0 amide bonds. The number of thiol groups is 1. The Morgan fingerprint density at radius 1 is 1.04 bits per heavy atom. The first-order chi connectivity index (χ1) is 12.1. The summed E-state index contributed by atoms with van der Waals surface area (Å²) >= 11 is 4.03. The molecule has 142 valence electrons. The van der Waals surface area contributed by atoms with Crippen molar-refractivity contribution in [1.82, 2.24) is 0 Å². The van der Waals surface area contributed by atoms with E-state index in [9.17, 15) is 4.79 Å². The molecule has 0 aliphatic carbocycles. The van der Waals surface area contributed by atoms with Gasteiger partial charge in [-0.3, -0.25) is 4.79 Å². The van der Waals surface area contributed by atoms with Crippen LogP contribution < -0.4 is 9.46 Å². The molecule has 7 heteroatoms. The zero-order valence-corrected chi connectivity index (χ0v) is 16.7. The number of unbranched alkanes of at least 4 members (excludes halogenated alkanes) is 1. The number of benzene rings is 1. The van der Waals surface area contributed by atoms with Crippen molar-refractivity contribution >= 4 is 34.1 Å². The van der Waals surface area contributed by atoms with Gasteiger partial charge in [-0.25, -0.2) is 0 Å². The number of hydrogen-bond donors (Lipinski definition) is 2. The van der Waals surface area contributed by atoms with E-state index in [0.717, 1.165) is 30.7 Å². The van der Waals surface area contributed by atoms with E-state index in [1.165, 1.54) is 11.0 Å². The molecule has 0 bridgehead atoms. The number of ketones is 1. The maximum atomic E-state index is 11.4. The number of nitrogens with one attached hydrogen (secondary N) is 1. The summed E-state index contributed by atoms with van der Waals surface area (Å²) in [6.45, 7) is 6.64. The standard InChI is InChI=1S/C18H29NO4S2/c1-15(2)18(20)14-22-11-4-3-10-21-12-5-13-23-17-8-6-16(7-9-17)19-25-24/h6-9,15,19,24H,3-5,10-14H2,1-2H3. The molecule has 0 spiro atoms. The summed E-state index contributed by atoms with van der Waals surface area (Å²) in [6, 6.07) is 7.76. The summed E-state index contributed by atoms with van der Waals surface area (Å²) in [5.41, 5.74) is 0.994. The number of anilines is 1. The molecule has 0 atom stereocenters. The summed E-state index contributed by atoms with van der Waals surface area (Å²) < 4.78 is 19.6.